The lowest BCUT2D eigenvalue weighted by Gasteiger charge is -2.42. The number of likely N-dealkylation sites (tertiary alicyclic amines) is 1. The van der Waals surface area contributed by atoms with Crippen LogP contribution in [-0.4, -0.2) is 77.5 Å². The summed E-state index contributed by atoms with van der Waals surface area (Å²) < 4.78 is 1.77. The van der Waals surface area contributed by atoms with Gasteiger partial charge in [0.2, 0.25) is 6.41 Å². The molecule has 1 saturated heterocycles. The number of allylic oxidation sites excluding steroid dienone is 3. The number of hydrogen-bond donors (Lipinski definition) is 4. The first kappa shape index (κ1) is 35.2. The first-order valence-corrected chi connectivity index (χ1v) is 17.0. The van der Waals surface area contributed by atoms with Gasteiger partial charge >= 0.3 is 0 Å². The molecule has 6 unspecified atom stereocenters. The summed E-state index contributed by atoms with van der Waals surface area (Å²) in [6.07, 6.45) is 12.3. The van der Waals surface area contributed by atoms with Gasteiger partial charge in [0.25, 0.3) is 0 Å². The smallest absolute Gasteiger partial charge is 0.210 e. The first-order valence-electron chi connectivity index (χ1n) is 16.6. The maximum Gasteiger partial charge on any atom is 0.210 e. The van der Waals surface area contributed by atoms with Crippen LogP contribution < -0.4 is 17.3 Å². The molecule has 6 rings (SSSR count). The fourth-order valence-corrected chi connectivity index (χ4v) is 7.58. The van der Waals surface area contributed by atoms with E-state index in [1.165, 1.54) is 5.01 Å². The number of aromatic amines is 1. The number of nitrogens with zero attached hydrogens (tertiary/aromatic N) is 7. The summed E-state index contributed by atoms with van der Waals surface area (Å²) in [5.41, 5.74) is 20.0. The zero-order valence-electron chi connectivity index (χ0n) is 29.2. The van der Waals surface area contributed by atoms with Crippen LogP contribution in [0, 0.1) is 17.8 Å². The highest BCUT2D eigenvalue weighted by molar-refractivity contribution is 6.25. The van der Waals surface area contributed by atoms with Gasteiger partial charge in [-0.25, -0.2) is 5.84 Å². The maximum atomic E-state index is 12.1. The van der Waals surface area contributed by atoms with Gasteiger partial charge in [0.1, 0.15) is 5.52 Å². The lowest BCUT2D eigenvalue weighted by Crippen LogP contribution is -2.52. The number of rotatable bonds is 8. The van der Waals surface area contributed by atoms with Crippen molar-refractivity contribution in [2.24, 2.45) is 47.1 Å². The van der Waals surface area contributed by atoms with E-state index in [1.54, 1.807) is 24.1 Å². The number of H-pyrrole nitrogens is 1. The molecule has 0 spiro atoms. The topological polar surface area (TPSA) is 173 Å². The van der Waals surface area contributed by atoms with Crippen LogP contribution in [0.5, 0.6) is 0 Å². The van der Waals surface area contributed by atoms with Crippen LogP contribution in [0.15, 0.2) is 52.7 Å². The van der Waals surface area contributed by atoms with Gasteiger partial charge in [0.15, 0.2) is 0 Å². The second-order valence-electron chi connectivity index (χ2n) is 14.1. The van der Waals surface area contributed by atoms with Crippen LogP contribution in [0.2, 0.25) is 0 Å². The quantitative estimate of drug-likeness (QED) is 0.0887. The standard InChI is InChI=1S/C29H35ClN8O.C6H15N3/c1-14(2)24-9-17-7-22(29(17)38(24)13-39)34-16(4)25(26-19-10-33-35-20(19)6-15(3)27(26)30)28(31)21-8-18-12-37(5)36-23(18)11-32-21;1-5(2)6(7)4-9(3)8/h6,8,10-14,17,22,24,26-27,29H,7,9,31H2,1-5H3,(H,33,35);4-5H,7-8H2,1-3H3/b28-25+,34-16?;6-4-. The molecule has 3 aromatic rings. The Kier molecular flexibility index (Phi) is 10.4. The fraction of sp³-hybridized carbons (Fsp3) is 0.514. The highest BCUT2D eigenvalue weighted by Crippen LogP contribution is 2.48. The van der Waals surface area contributed by atoms with Gasteiger partial charge in [0.05, 0.1) is 46.9 Å². The molecule has 1 saturated carbocycles. The molecule has 7 N–H and O–H groups in total. The molecule has 48 heavy (non-hydrogen) atoms. The Morgan fingerprint density at radius 3 is 2.56 bits per heavy atom. The van der Waals surface area contributed by atoms with Crippen LogP contribution in [0.4, 0.5) is 0 Å². The number of amides is 1. The molecule has 2 aliphatic carbocycles. The van der Waals surface area contributed by atoms with E-state index in [4.69, 9.17) is 33.9 Å². The molecular weight excluding hydrogens is 626 g/mol. The van der Waals surface area contributed by atoms with Gasteiger partial charge in [-0.3, -0.25) is 24.6 Å². The second kappa shape index (κ2) is 14.1. The van der Waals surface area contributed by atoms with E-state index >= 15 is 0 Å². The minimum Gasteiger partial charge on any atom is -0.401 e. The summed E-state index contributed by atoms with van der Waals surface area (Å²) in [6.45, 7) is 12.5. The number of fused-ring (bicyclic) bond motifs is 3. The Bertz CT molecular complexity index is 1760. The normalized spacial score (nSPS) is 26.0. The number of hydrogen-bond acceptors (Lipinski definition) is 9. The van der Waals surface area contributed by atoms with Crippen LogP contribution in [-0.2, 0) is 11.8 Å². The number of aromatic nitrogens is 5. The van der Waals surface area contributed by atoms with E-state index < -0.39 is 0 Å². The molecule has 0 radical (unpaired) electrons. The molecule has 0 aromatic carbocycles. The average molecular weight is 676 g/mol. The molecule has 0 bridgehead atoms. The molecule has 1 amide bonds. The van der Waals surface area contributed by atoms with E-state index in [-0.39, 0.29) is 29.4 Å². The molecule has 4 heterocycles. The molecule has 13 heteroatoms. The van der Waals surface area contributed by atoms with Crippen molar-refractivity contribution < 1.29 is 4.79 Å². The van der Waals surface area contributed by atoms with Crippen molar-refractivity contribution >= 4 is 46.4 Å². The summed E-state index contributed by atoms with van der Waals surface area (Å²) in [5.74, 6) is 6.33. The van der Waals surface area contributed by atoms with Crippen molar-refractivity contribution in [3.8, 4) is 0 Å². The number of alkyl halides is 1. The number of hydrazine groups is 1. The SMILES string of the molecule is CC(C)/C(N)=C/N(C)N.CC1=Cc2[nH]ncc2C(/C(C(C)=NC2CC3CC(C(C)C)N(C=O)C32)=C(/N)c2cc3cn(C)nc3cn2)C1Cl. The van der Waals surface area contributed by atoms with E-state index in [0.29, 0.717) is 29.1 Å². The highest BCUT2D eigenvalue weighted by Gasteiger charge is 2.53. The van der Waals surface area contributed by atoms with Crippen LogP contribution in [0.1, 0.15) is 77.3 Å². The Balaban J connectivity index is 0.000000441. The summed E-state index contributed by atoms with van der Waals surface area (Å²) in [4.78, 5) is 24.0. The Hall–Kier alpha value is -4.16. The van der Waals surface area contributed by atoms with Crippen molar-refractivity contribution in [1.29, 1.82) is 0 Å². The molecule has 2 fully saturated rings. The van der Waals surface area contributed by atoms with Crippen molar-refractivity contribution in [2.75, 3.05) is 7.05 Å². The maximum absolute atomic E-state index is 12.1. The minimum absolute atomic E-state index is 0.0262. The molecule has 6 atom stereocenters. The number of nitrogens with one attached hydrogen (secondary N) is 1. The van der Waals surface area contributed by atoms with Gasteiger partial charge < -0.3 is 21.4 Å². The third-order valence-electron chi connectivity index (χ3n) is 9.87. The average Bonchev–Trinajstić information content (AvgIpc) is 3.71. The molecule has 1 aliphatic heterocycles. The molecule has 3 aromatic heterocycles. The lowest BCUT2D eigenvalue weighted by molar-refractivity contribution is -0.123. The summed E-state index contributed by atoms with van der Waals surface area (Å²) in [7, 11) is 3.63. The predicted molar refractivity (Wildman–Crippen MR) is 193 cm³/mol. The van der Waals surface area contributed by atoms with Gasteiger partial charge in [-0.2, -0.15) is 10.2 Å². The van der Waals surface area contributed by atoms with Crippen LogP contribution in [0.25, 0.3) is 22.7 Å². The van der Waals surface area contributed by atoms with Gasteiger partial charge in [-0.1, -0.05) is 33.3 Å². The van der Waals surface area contributed by atoms with E-state index in [0.717, 1.165) is 64.0 Å². The highest BCUT2D eigenvalue weighted by atomic mass is 35.5. The van der Waals surface area contributed by atoms with Crippen molar-refractivity contribution in [1.82, 2.24) is 34.9 Å². The number of carbonyl (C=O) groups is 1. The zero-order chi connectivity index (χ0) is 35.0. The van der Waals surface area contributed by atoms with Crippen LogP contribution >= 0.6 is 11.6 Å². The largest absolute Gasteiger partial charge is 0.401 e. The number of pyridine rings is 1. The number of carbonyl (C=O) groups excluding carboxylic acids is 1. The predicted octanol–water partition coefficient (Wildman–Crippen LogP) is 4.52. The lowest BCUT2D eigenvalue weighted by atomic mass is 9.74. The summed E-state index contributed by atoms with van der Waals surface area (Å²) >= 11 is 7.12. The number of halogens is 1. The number of aliphatic imine (C=N–C) groups is 1. The number of nitrogens with two attached hydrogens (primary N) is 3. The Labute approximate surface area is 288 Å². The molecule has 3 aliphatic rings. The first-order chi connectivity index (χ1) is 22.7. The molecule has 12 nitrogen and oxygen atoms in total. The van der Waals surface area contributed by atoms with Crippen molar-refractivity contribution in [3.05, 3.63) is 64.7 Å². The van der Waals surface area contributed by atoms with Gasteiger partial charge in [-0.15, -0.1) is 11.6 Å². The van der Waals surface area contributed by atoms with E-state index in [2.05, 4.69) is 34.1 Å². The molecular formula is C35H50ClN11O. The third kappa shape index (κ3) is 6.86. The van der Waals surface area contributed by atoms with Gasteiger partial charge in [-0.05, 0) is 56.6 Å². The third-order valence-corrected chi connectivity index (χ3v) is 10.5. The van der Waals surface area contributed by atoms with Gasteiger partial charge in [0, 0.05) is 66.4 Å². The summed E-state index contributed by atoms with van der Waals surface area (Å²) in [6, 6.07) is 2.38. The van der Waals surface area contributed by atoms with Crippen LogP contribution in [0.3, 0.4) is 0 Å². The zero-order valence-corrected chi connectivity index (χ0v) is 30.0. The second-order valence-corrected chi connectivity index (χ2v) is 14.6. The summed E-state index contributed by atoms with van der Waals surface area (Å²) in [5, 5.41) is 14.0. The van der Waals surface area contributed by atoms with Crippen molar-refractivity contribution in [2.45, 2.75) is 83.8 Å². The van der Waals surface area contributed by atoms with Crippen molar-refractivity contribution in [3.63, 3.8) is 0 Å². The Morgan fingerprint density at radius 2 is 1.94 bits per heavy atom. The Morgan fingerprint density at radius 1 is 1.21 bits per heavy atom. The van der Waals surface area contributed by atoms with E-state index in [1.807, 2.05) is 64.2 Å². The monoisotopic (exact) mass is 675 g/mol. The number of aryl methyl sites for hydroxylation is 1. The van der Waals surface area contributed by atoms with E-state index in [9.17, 15) is 4.79 Å². The minimum atomic E-state index is -0.326. The fourth-order valence-electron chi connectivity index (χ4n) is 7.26. The molecule has 258 valence electrons.